The van der Waals surface area contributed by atoms with Gasteiger partial charge in [-0.25, -0.2) is 5.01 Å². The lowest BCUT2D eigenvalue weighted by molar-refractivity contribution is -0.139. The smallest absolute Gasteiger partial charge is 0.255 e. The summed E-state index contributed by atoms with van der Waals surface area (Å²) < 4.78 is 5.23. The van der Waals surface area contributed by atoms with E-state index in [0.717, 1.165) is 5.56 Å². The molecule has 2 aliphatic rings. The highest BCUT2D eigenvalue weighted by Gasteiger charge is 2.42. The van der Waals surface area contributed by atoms with Crippen LogP contribution in [0, 0.1) is 18.8 Å². The van der Waals surface area contributed by atoms with Crippen LogP contribution in [0.25, 0.3) is 11.5 Å². The number of hydrogen-bond donors (Lipinski definition) is 2. The van der Waals surface area contributed by atoms with Crippen molar-refractivity contribution in [2.45, 2.75) is 19.8 Å². The lowest BCUT2D eigenvalue weighted by atomic mass is 9.80. The van der Waals surface area contributed by atoms with Crippen molar-refractivity contribution >= 4 is 29.1 Å². The van der Waals surface area contributed by atoms with E-state index in [1.165, 1.54) is 11.4 Å². The SMILES string of the molecule is Cc1ccc(-c2nnco2)cc1NC(=O)c1cccc(N2NC(=O)C3CC=CCC3C2=O)c1. The van der Waals surface area contributed by atoms with Gasteiger partial charge in [0.25, 0.3) is 5.91 Å². The maximum Gasteiger partial charge on any atom is 0.255 e. The summed E-state index contributed by atoms with van der Waals surface area (Å²) in [6, 6.07) is 12.0. The van der Waals surface area contributed by atoms with E-state index in [9.17, 15) is 14.4 Å². The van der Waals surface area contributed by atoms with Crippen LogP contribution in [0.3, 0.4) is 0 Å². The third-order valence-corrected chi connectivity index (χ3v) is 5.99. The van der Waals surface area contributed by atoms with Gasteiger partial charge >= 0.3 is 0 Å². The van der Waals surface area contributed by atoms with E-state index in [-0.39, 0.29) is 23.6 Å². The fraction of sp³-hybridized carbons (Fsp3) is 0.208. The molecular weight excluding hydrogens is 422 g/mol. The number of allylic oxidation sites excluding steroid dienone is 2. The zero-order valence-electron chi connectivity index (χ0n) is 17.8. The maximum absolute atomic E-state index is 13.0. The molecule has 1 aliphatic carbocycles. The molecule has 0 spiro atoms. The van der Waals surface area contributed by atoms with Gasteiger partial charge in [0.05, 0.1) is 17.5 Å². The molecule has 2 aromatic carbocycles. The Balaban J connectivity index is 1.38. The molecule has 0 saturated carbocycles. The second-order valence-corrected chi connectivity index (χ2v) is 8.08. The Morgan fingerprint density at radius 1 is 1.12 bits per heavy atom. The van der Waals surface area contributed by atoms with E-state index < -0.39 is 5.92 Å². The van der Waals surface area contributed by atoms with Gasteiger partial charge in [-0.05, 0) is 55.7 Å². The first-order valence-electron chi connectivity index (χ1n) is 10.6. The highest BCUT2D eigenvalue weighted by Crippen LogP contribution is 2.32. The number of benzene rings is 2. The van der Waals surface area contributed by atoms with Crippen LogP contribution in [0.5, 0.6) is 0 Å². The largest absolute Gasteiger partial charge is 0.423 e. The van der Waals surface area contributed by atoms with Gasteiger partial charge in [0.2, 0.25) is 24.1 Å². The van der Waals surface area contributed by atoms with Crippen molar-refractivity contribution in [1.82, 2.24) is 15.6 Å². The Kier molecular flexibility index (Phi) is 5.21. The molecule has 2 unspecified atom stereocenters. The average Bonchev–Trinajstić information content (AvgIpc) is 3.38. The van der Waals surface area contributed by atoms with Gasteiger partial charge in [-0.1, -0.05) is 24.3 Å². The molecule has 5 rings (SSSR count). The molecular formula is C24H21N5O4. The second-order valence-electron chi connectivity index (χ2n) is 8.08. The van der Waals surface area contributed by atoms with Crippen molar-refractivity contribution in [2.24, 2.45) is 11.8 Å². The Morgan fingerprint density at radius 3 is 2.73 bits per heavy atom. The fourth-order valence-corrected chi connectivity index (χ4v) is 4.15. The number of aromatic nitrogens is 2. The highest BCUT2D eigenvalue weighted by atomic mass is 16.4. The average molecular weight is 443 g/mol. The van der Waals surface area contributed by atoms with E-state index in [1.807, 2.05) is 31.2 Å². The number of aryl methyl sites for hydroxylation is 1. The molecule has 0 bridgehead atoms. The van der Waals surface area contributed by atoms with E-state index in [2.05, 4.69) is 20.9 Å². The quantitative estimate of drug-likeness (QED) is 0.598. The molecule has 2 N–H and O–H groups in total. The number of nitrogens with one attached hydrogen (secondary N) is 2. The standard InChI is InChI=1S/C24H21N5O4/c1-14-9-10-16(23-27-25-13-33-23)12-20(14)26-21(30)15-5-4-6-17(11-15)29-24(32)19-8-3-2-7-18(19)22(31)28-29/h2-6,9-13,18-19H,7-8H2,1H3,(H,26,30)(H,28,31). The van der Waals surface area contributed by atoms with Gasteiger partial charge in [-0.3, -0.25) is 19.8 Å². The number of hydrazine groups is 1. The topological polar surface area (TPSA) is 117 Å². The number of fused-ring (bicyclic) bond motifs is 1. The molecule has 1 aromatic heterocycles. The lowest BCUT2D eigenvalue weighted by Crippen LogP contribution is -2.59. The highest BCUT2D eigenvalue weighted by molar-refractivity contribution is 6.07. The third kappa shape index (κ3) is 3.89. The molecule has 1 saturated heterocycles. The molecule has 0 radical (unpaired) electrons. The Labute approximate surface area is 189 Å². The van der Waals surface area contributed by atoms with Crippen molar-refractivity contribution in [3.8, 4) is 11.5 Å². The second kappa shape index (κ2) is 8.34. The molecule has 1 fully saturated rings. The number of carbonyl (C=O) groups excluding carboxylic acids is 3. The fourth-order valence-electron chi connectivity index (χ4n) is 4.15. The summed E-state index contributed by atoms with van der Waals surface area (Å²) in [7, 11) is 0. The van der Waals surface area contributed by atoms with Gasteiger partial charge in [0.15, 0.2) is 0 Å². The molecule has 9 heteroatoms. The molecule has 3 aromatic rings. The Bertz CT molecular complexity index is 1270. The first kappa shape index (κ1) is 20.6. The number of anilines is 2. The van der Waals surface area contributed by atoms with E-state index in [0.29, 0.717) is 41.2 Å². The van der Waals surface area contributed by atoms with Gasteiger partial charge in [-0.2, -0.15) is 0 Å². The van der Waals surface area contributed by atoms with Crippen LogP contribution in [0.1, 0.15) is 28.8 Å². The molecule has 33 heavy (non-hydrogen) atoms. The third-order valence-electron chi connectivity index (χ3n) is 5.99. The molecule has 9 nitrogen and oxygen atoms in total. The van der Waals surface area contributed by atoms with Crippen molar-refractivity contribution in [3.05, 3.63) is 72.1 Å². The van der Waals surface area contributed by atoms with Crippen LogP contribution < -0.4 is 15.8 Å². The van der Waals surface area contributed by atoms with E-state index >= 15 is 0 Å². The summed E-state index contributed by atoms with van der Waals surface area (Å²) in [6.07, 6.45) is 6.20. The van der Waals surface area contributed by atoms with Crippen LogP contribution >= 0.6 is 0 Å². The van der Waals surface area contributed by atoms with Crippen LogP contribution in [0.15, 0.2) is 65.4 Å². The van der Waals surface area contributed by atoms with Crippen LogP contribution in [-0.2, 0) is 9.59 Å². The summed E-state index contributed by atoms with van der Waals surface area (Å²) in [6.45, 7) is 1.88. The van der Waals surface area contributed by atoms with Gasteiger partial charge in [-0.15, -0.1) is 10.2 Å². The number of nitrogens with zero attached hydrogens (tertiary/aromatic N) is 3. The minimum absolute atomic E-state index is 0.176. The van der Waals surface area contributed by atoms with Gasteiger partial charge in [0.1, 0.15) is 0 Å². The summed E-state index contributed by atoms with van der Waals surface area (Å²) in [5.41, 5.74) is 5.61. The molecule has 2 atom stereocenters. The summed E-state index contributed by atoms with van der Waals surface area (Å²) in [5, 5.41) is 11.7. The minimum atomic E-state index is -0.392. The predicted octanol–water partition coefficient (Wildman–Crippen LogP) is 3.26. The van der Waals surface area contributed by atoms with Crippen LogP contribution in [0.4, 0.5) is 11.4 Å². The number of hydrogen-bond acceptors (Lipinski definition) is 6. The molecule has 3 amide bonds. The summed E-state index contributed by atoms with van der Waals surface area (Å²) in [4.78, 5) is 38.6. The van der Waals surface area contributed by atoms with Crippen molar-refractivity contribution < 1.29 is 18.8 Å². The summed E-state index contributed by atoms with van der Waals surface area (Å²) in [5.74, 6) is -1.10. The van der Waals surface area contributed by atoms with Crippen molar-refractivity contribution in [3.63, 3.8) is 0 Å². The monoisotopic (exact) mass is 443 g/mol. The molecule has 166 valence electrons. The predicted molar refractivity (Wildman–Crippen MR) is 120 cm³/mol. The normalized spacial score (nSPS) is 19.7. The Morgan fingerprint density at radius 2 is 1.94 bits per heavy atom. The van der Waals surface area contributed by atoms with Gasteiger partial charge in [0, 0.05) is 16.8 Å². The van der Waals surface area contributed by atoms with E-state index in [1.54, 1.807) is 30.3 Å². The van der Waals surface area contributed by atoms with Crippen molar-refractivity contribution in [1.29, 1.82) is 0 Å². The first-order valence-corrected chi connectivity index (χ1v) is 10.6. The molecule has 2 heterocycles. The van der Waals surface area contributed by atoms with Crippen LogP contribution in [0.2, 0.25) is 0 Å². The number of carbonyl (C=O) groups is 3. The maximum atomic E-state index is 13.0. The number of amides is 3. The lowest BCUT2D eigenvalue weighted by Gasteiger charge is -2.38. The minimum Gasteiger partial charge on any atom is -0.423 e. The zero-order valence-corrected chi connectivity index (χ0v) is 17.8. The zero-order chi connectivity index (χ0) is 22.9. The van der Waals surface area contributed by atoms with Crippen molar-refractivity contribution in [2.75, 3.05) is 10.3 Å². The first-order chi connectivity index (χ1) is 16.0. The number of rotatable bonds is 4. The summed E-state index contributed by atoms with van der Waals surface area (Å²) >= 11 is 0. The van der Waals surface area contributed by atoms with Crippen LogP contribution in [-0.4, -0.2) is 27.9 Å². The molecule has 1 aliphatic heterocycles. The van der Waals surface area contributed by atoms with Gasteiger partial charge < -0.3 is 9.73 Å². The van der Waals surface area contributed by atoms with E-state index in [4.69, 9.17) is 4.42 Å². The Hall–Kier alpha value is -4.27.